The van der Waals surface area contributed by atoms with Crippen LogP contribution in [0.4, 0.5) is 0 Å². The number of aliphatic hydroxyl groups is 1. The van der Waals surface area contributed by atoms with Crippen molar-refractivity contribution in [1.82, 2.24) is 14.7 Å². The summed E-state index contributed by atoms with van der Waals surface area (Å²) in [4.78, 5) is 19.1. The average Bonchev–Trinajstić information content (AvgIpc) is 3.17. The van der Waals surface area contributed by atoms with E-state index in [1.54, 1.807) is 11.3 Å². The standard InChI is InChI=1S/C13H13N3O3S2/c17-10(14-6-13(18)1-3-19-7-13)9-5-8-11(21-9)15-12-16(8)2-4-20-12/h2,4-5,18H,1,3,6-7H2,(H,14,17). The van der Waals surface area contributed by atoms with E-state index in [1.807, 2.05) is 22.0 Å². The summed E-state index contributed by atoms with van der Waals surface area (Å²) in [5, 5.41) is 14.9. The van der Waals surface area contributed by atoms with Crippen LogP contribution in [0, 0.1) is 0 Å². The maximum Gasteiger partial charge on any atom is 0.261 e. The van der Waals surface area contributed by atoms with E-state index in [0.717, 1.165) is 15.3 Å². The van der Waals surface area contributed by atoms with Crippen LogP contribution in [0.15, 0.2) is 17.6 Å². The van der Waals surface area contributed by atoms with Crippen molar-refractivity contribution in [2.45, 2.75) is 12.0 Å². The molecule has 0 aromatic carbocycles. The zero-order valence-corrected chi connectivity index (χ0v) is 12.7. The smallest absolute Gasteiger partial charge is 0.261 e. The first-order valence-electron chi connectivity index (χ1n) is 6.58. The van der Waals surface area contributed by atoms with Gasteiger partial charge in [-0.25, -0.2) is 4.98 Å². The van der Waals surface area contributed by atoms with E-state index in [9.17, 15) is 9.90 Å². The lowest BCUT2D eigenvalue weighted by Gasteiger charge is -2.20. The molecule has 3 aromatic heterocycles. The molecule has 1 aliphatic heterocycles. The number of imidazole rings is 1. The van der Waals surface area contributed by atoms with E-state index in [4.69, 9.17) is 4.74 Å². The monoisotopic (exact) mass is 323 g/mol. The number of rotatable bonds is 3. The third kappa shape index (κ3) is 2.24. The summed E-state index contributed by atoms with van der Waals surface area (Å²) in [6.45, 7) is 1.02. The summed E-state index contributed by atoms with van der Waals surface area (Å²) in [5.74, 6) is -0.178. The molecule has 0 spiro atoms. The molecule has 110 valence electrons. The van der Waals surface area contributed by atoms with Crippen molar-refractivity contribution < 1.29 is 14.6 Å². The molecule has 1 amide bonds. The first kappa shape index (κ1) is 13.2. The van der Waals surface area contributed by atoms with Gasteiger partial charge in [0.05, 0.1) is 17.0 Å². The molecule has 0 aliphatic carbocycles. The topological polar surface area (TPSA) is 75.9 Å². The highest BCUT2D eigenvalue weighted by Gasteiger charge is 2.32. The number of hydrogen-bond donors (Lipinski definition) is 2. The molecular formula is C13H13N3O3S2. The lowest BCUT2D eigenvalue weighted by Crippen LogP contribution is -2.43. The van der Waals surface area contributed by atoms with Crippen molar-refractivity contribution in [2.75, 3.05) is 19.8 Å². The Balaban J connectivity index is 1.54. The molecule has 0 saturated carbocycles. The fraction of sp³-hybridized carbons (Fsp3) is 0.385. The summed E-state index contributed by atoms with van der Waals surface area (Å²) >= 11 is 2.94. The summed E-state index contributed by atoms with van der Waals surface area (Å²) in [6.07, 6.45) is 2.50. The molecule has 8 heteroatoms. The molecule has 1 aliphatic rings. The van der Waals surface area contributed by atoms with Gasteiger partial charge in [0.15, 0.2) is 4.96 Å². The molecule has 6 nitrogen and oxygen atoms in total. The third-order valence-electron chi connectivity index (χ3n) is 3.62. The van der Waals surface area contributed by atoms with Gasteiger partial charge >= 0.3 is 0 Å². The highest BCUT2D eigenvalue weighted by molar-refractivity contribution is 7.21. The Morgan fingerprint density at radius 2 is 2.52 bits per heavy atom. The van der Waals surface area contributed by atoms with E-state index in [0.29, 0.717) is 17.9 Å². The number of carbonyl (C=O) groups excluding carboxylic acids is 1. The number of nitrogens with zero attached hydrogens (tertiary/aromatic N) is 2. The number of amides is 1. The van der Waals surface area contributed by atoms with E-state index >= 15 is 0 Å². The largest absolute Gasteiger partial charge is 0.386 e. The van der Waals surface area contributed by atoms with E-state index < -0.39 is 5.60 Å². The normalized spacial score (nSPS) is 22.3. The van der Waals surface area contributed by atoms with Crippen molar-refractivity contribution in [3.8, 4) is 0 Å². The van der Waals surface area contributed by atoms with Crippen LogP contribution in [0.25, 0.3) is 15.3 Å². The Morgan fingerprint density at radius 3 is 3.33 bits per heavy atom. The molecule has 2 N–H and O–H groups in total. The van der Waals surface area contributed by atoms with Gasteiger partial charge in [-0.1, -0.05) is 0 Å². The van der Waals surface area contributed by atoms with Crippen molar-refractivity contribution in [2.24, 2.45) is 0 Å². The highest BCUT2D eigenvalue weighted by Crippen LogP contribution is 2.28. The van der Waals surface area contributed by atoms with Crippen LogP contribution in [-0.4, -0.2) is 45.8 Å². The van der Waals surface area contributed by atoms with Gasteiger partial charge in [0.1, 0.15) is 10.4 Å². The molecule has 4 rings (SSSR count). The Bertz CT molecular complexity index is 813. The van der Waals surface area contributed by atoms with Gasteiger partial charge in [0, 0.05) is 31.1 Å². The summed E-state index contributed by atoms with van der Waals surface area (Å²) in [5.41, 5.74) is 0.0132. The number of fused-ring (bicyclic) bond motifs is 3. The van der Waals surface area contributed by atoms with Crippen LogP contribution in [0.2, 0.25) is 0 Å². The molecule has 4 heterocycles. The first-order valence-corrected chi connectivity index (χ1v) is 8.28. The fourth-order valence-electron chi connectivity index (χ4n) is 2.43. The average molecular weight is 323 g/mol. The van der Waals surface area contributed by atoms with E-state index in [1.165, 1.54) is 11.3 Å². The van der Waals surface area contributed by atoms with Crippen LogP contribution in [0.1, 0.15) is 16.1 Å². The second kappa shape index (κ2) is 4.77. The van der Waals surface area contributed by atoms with Crippen LogP contribution in [0.5, 0.6) is 0 Å². The summed E-state index contributed by atoms with van der Waals surface area (Å²) < 4.78 is 7.14. The SMILES string of the molecule is O=C(NCC1(O)CCOC1)c1cc2c(nc3sccn32)s1. The van der Waals surface area contributed by atoms with Crippen molar-refractivity contribution in [3.05, 3.63) is 22.5 Å². The van der Waals surface area contributed by atoms with Crippen LogP contribution >= 0.6 is 22.7 Å². The van der Waals surface area contributed by atoms with Gasteiger partial charge in [-0.2, -0.15) is 0 Å². The number of nitrogens with one attached hydrogen (secondary N) is 1. The van der Waals surface area contributed by atoms with Crippen molar-refractivity contribution in [1.29, 1.82) is 0 Å². The molecular weight excluding hydrogens is 310 g/mol. The predicted octanol–water partition coefficient (Wildman–Crippen LogP) is 1.49. The number of thiophene rings is 1. The minimum absolute atomic E-state index is 0.178. The maximum absolute atomic E-state index is 12.2. The molecule has 0 bridgehead atoms. The molecule has 0 radical (unpaired) electrons. The summed E-state index contributed by atoms with van der Waals surface area (Å²) in [6, 6.07) is 1.84. The zero-order valence-electron chi connectivity index (χ0n) is 11.0. The van der Waals surface area contributed by atoms with Crippen molar-refractivity contribution in [3.63, 3.8) is 0 Å². The maximum atomic E-state index is 12.2. The first-order chi connectivity index (χ1) is 10.1. The minimum Gasteiger partial charge on any atom is -0.386 e. The molecule has 1 saturated heterocycles. The van der Waals surface area contributed by atoms with Gasteiger partial charge in [0.2, 0.25) is 0 Å². The van der Waals surface area contributed by atoms with Gasteiger partial charge in [-0.15, -0.1) is 22.7 Å². The molecule has 1 atom stereocenters. The lowest BCUT2D eigenvalue weighted by atomic mass is 10.0. The lowest BCUT2D eigenvalue weighted by molar-refractivity contribution is 0.0265. The molecule has 1 unspecified atom stereocenters. The van der Waals surface area contributed by atoms with E-state index in [-0.39, 0.29) is 19.1 Å². The Hall–Kier alpha value is -1.48. The predicted molar refractivity (Wildman–Crippen MR) is 81.2 cm³/mol. The van der Waals surface area contributed by atoms with Gasteiger partial charge < -0.3 is 15.2 Å². The second-order valence-corrected chi connectivity index (χ2v) is 7.08. The van der Waals surface area contributed by atoms with Crippen LogP contribution in [0.3, 0.4) is 0 Å². The Morgan fingerprint density at radius 1 is 1.62 bits per heavy atom. The molecule has 3 aromatic rings. The number of carbonyl (C=O) groups is 1. The van der Waals surface area contributed by atoms with Gasteiger partial charge in [0.25, 0.3) is 5.91 Å². The third-order valence-corrected chi connectivity index (χ3v) is 5.40. The number of aromatic nitrogens is 2. The van der Waals surface area contributed by atoms with Crippen LogP contribution in [-0.2, 0) is 4.74 Å². The van der Waals surface area contributed by atoms with Crippen molar-refractivity contribution >= 4 is 43.9 Å². The minimum atomic E-state index is -0.935. The second-order valence-electron chi connectivity index (χ2n) is 5.18. The van der Waals surface area contributed by atoms with Gasteiger partial charge in [-0.05, 0) is 6.07 Å². The number of ether oxygens (including phenoxy) is 1. The highest BCUT2D eigenvalue weighted by atomic mass is 32.1. The number of hydrogen-bond acceptors (Lipinski definition) is 6. The Labute approximate surface area is 128 Å². The molecule has 21 heavy (non-hydrogen) atoms. The zero-order chi connectivity index (χ0) is 14.4. The number of thiazole rings is 1. The van der Waals surface area contributed by atoms with Crippen LogP contribution < -0.4 is 5.32 Å². The Kier molecular flexibility index (Phi) is 3.00. The fourth-order valence-corrected chi connectivity index (χ4v) is 4.14. The molecule has 1 fully saturated rings. The quantitative estimate of drug-likeness (QED) is 0.766. The van der Waals surface area contributed by atoms with E-state index in [2.05, 4.69) is 10.3 Å². The summed E-state index contributed by atoms with van der Waals surface area (Å²) in [7, 11) is 0. The van der Waals surface area contributed by atoms with Gasteiger partial charge in [-0.3, -0.25) is 9.20 Å².